The summed E-state index contributed by atoms with van der Waals surface area (Å²) in [5.41, 5.74) is 1.08. The van der Waals surface area contributed by atoms with E-state index in [0.717, 1.165) is 5.56 Å². The third kappa shape index (κ3) is 3.49. The highest BCUT2D eigenvalue weighted by Crippen LogP contribution is 2.37. The van der Waals surface area contributed by atoms with E-state index >= 15 is 0 Å². The number of hydrogen-bond acceptors (Lipinski definition) is 5. The molecule has 0 atom stereocenters. The van der Waals surface area contributed by atoms with Crippen molar-refractivity contribution in [3.8, 4) is 11.5 Å². The van der Waals surface area contributed by atoms with Gasteiger partial charge in [-0.1, -0.05) is 18.2 Å². The molecule has 0 saturated carbocycles. The smallest absolute Gasteiger partial charge is 0.334 e. The van der Waals surface area contributed by atoms with Crippen LogP contribution in [0.5, 0.6) is 11.5 Å². The first kappa shape index (κ1) is 14.8. The van der Waals surface area contributed by atoms with Crippen LogP contribution >= 0.6 is 0 Å². The fourth-order valence-corrected chi connectivity index (χ4v) is 1.92. The monoisotopic (exact) mass is 288 g/mol. The summed E-state index contributed by atoms with van der Waals surface area (Å²) in [4.78, 5) is 10.8. The summed E-state index contributed by atoms with van der Waals surface area (Å²) >= 11 is 0. The molecule has 0 amide bonds. The Kier molecular flexibility index (Phi) is 4.73. The number of aliphatic hydroxyl groups excluding tert-OH is 1. The van der Waals surface area contributed by atoms with Gasteiger partial charge in [0.25, 0.3) is 0 Å². The Morgan fingerprint density at radius 1 is 1.24 bits per heavy atom. The Hall–Kier alpha value is -2.60. The maximum atomic E-state index is 11.3. The van der Waals surface area contributed by atoms with E-state index in [0.29, 0.717) is 18.0 Å². The minimum absolute atomic E-state index is 0.0592. The second-order valence-corrected chi connectivity index (χ2v) is 4.34. The van der Waals surface area contributed by atoms with Crippen molar-refractivity contribution in [2.75, 3.05) is 11.9 Å². The average molecular weight is 288 g/mol. The lowest BCUT2D eigenvalue weighted by Crippen LogP contribution is -2.02. The number of nitrogens with one attached hydrogen (secondary N) is 1. The van der Waals surface area contributed by atoms with Gasteiger partial charge in [0.2, 0.25) is 5.75 Å². The minimum atomic E-state index is -0.463. The first-order chi connectivity index (χ1) is 10.2. The lowest BCUT2D eigenvalue weighted by molar-refractivity contribution is -0.384. The van der Waals surface area contributed by atoms with Gasteiger partial charge in [0, 0.05) is 6.54 Å². The molecule has 0 bridgehead atoms. The van der Waals surface area contributed by atoms with Gasteiger partial charge in [-0.25, -0.2) is 0 Å². The molecule has 0 fully saturated rings. The number of hydrogen-bond donors (Lipinski definition) is 2. The molecular formula is C15H16N2O4. The van der Waals surface area contributed by atoms with Gasteiger partial charge in [-0.2, -0.15) is 0 Å². The molecule has 0 aliphatic rings. The third-order valence-electron chi connectivity index (χ3n) is 2.88. The predicted molar refractivity (Wildman–Crippen MR) is 79.7 cm³/mol. The standard InChI is InChI=1S/C15H16N2O4/c1-2-16-13-4-3-5-14(15(13)17(19)20)21-12-8-6-11(10-18)7-9-12/h3-9,16,18H,2,10H2,1H3. The van der Waals surface area contributed by atoms with Gasteiger partial charge >= 0.3 is 5.69 Å². The highest BCUT2D eigenvalue weighted by Gasteiger charge is 2.21. The van der Waals surface area contributed by atoms with Gasteiger partial charge in [0.05, 0.1) is 11.5 Å². The van der Waals surface area contributed by atoms with Crippen LogP contribution in [0, 0.1) is 10.1 Å². The highest BCUT2D eigenvalue weighted by atomic mass is 16.6. The van der Waals surface area contributed by atoms with E-state index < -0.39 is 4.92 Å². The number of aliphatic hydroxyl groups is 1. The fourth-order valence-electron chi connectivity index (χ4n) is 1.92. The Bertz CT molecular complexity index is 626. The highest BCUT2D eigenvalue weighted by molar-refractivity contribution is 5.68. The van der Waals surface area contributed by atoms with E-state index in [2.05, 4.69) is 5.32 Å². The molecule has 0 saturated heterocycles. The van der Waals surface area contributed by atoms with Crippen LogP contribution in [0.4, 0.5) is 11.4 Å². The summed E-state index contributed by atoms with van der Waals surface area (Å²) < 4.78 is 5.59. The number of benzene rings is 2. The minimum Gasteiger partial charge on any atom is -0.450 e. The molecule has 0 aliphatic heterocycles. The van der Waals surface area contributed by atoms with Gasteiger partial charge in [-0.05, 0) is 36.8 Å². The number of nitrogens with zero attached hydrogens (tertiary/aromatic N) is 1. The van der Waals surface area contributed by atoms with Crippen LogP contribution in [0.3, 0.4) is 0 Å². The van der Waals surface area contributed by atoms with Crippen LogP contribution < -0.4 is 10.1 Å². The van der Waals surface area contributed by atoms with Crippen molar-refractivity contribution in [3.63, 3.8) is 0 Å². The van der Waals surface area contributed by atoms with Gasteiger partial charge in [0.15, 0.2) is 0 Å². The Morgan fingerprint density at radius 2 is 1.95 bits per heavy atom. The quantitative estimate of drug-likeness (QED) is 0.629. The predicted octanol–water partition coefficient (Wildman–Crippen LogP) is 3.31. The topological polar surface area (TPSA) is 84.6 Å². The Labute approximate surface area is 122 Å². The molecule has 2 rings (SSSR count). The van der Waals surface area contributed by atoms with Crippen molar-refractivity contribution < 1.29 is 14.8 Å². The van der Waals surface area contributed by atoms with Gasteiger partial charge in [-0.3, -0.25) is 10.1 Å². The Balaban J connectivity index is 2.33. The van der Waals surface area contributed by atoms with Gasteiger partial charge < -0.3 is 15.2 Å². The molecule has 0 radical (unpaired) electrons. The largest absolute Gasteiger partial charge is 0.450 e. The molecule has 0 unspecified atom stereocenters. The van der Waals surface area contributed by atoms with Crippen LogP contribution in [-0.2, 0) is 6.61 Å². The van der Waals surface area contributed by atoms with Crippen LogP contribution in [0.2, 0.25) is 0 Å². The summed E-state index contributed by atoms with van der Waals surface area (Å²) in [6.45, 7) is 2.39. The van der Waals surface area contributed by atoms with E-state index in [9.17, 15) is 10.1 Å². The summed E-state index contributed by atoms with van der Waals surface area (Å²) in [7, 11) is 0. The lowest BCUT2D eigenvalue weighted by atomic mass is 10.2. The molecular weight excluding hydrogens is 272 g/mol. The summed E-state index contributed by atoms with van der Waals surface area (Å²) in [6.07, 6.45) is 0. The molecule has 2 aromatic rings. The third-order valence-corrected chi connectivity index (χ3v) is 2.88. The van der Waals surface area contributed by atoms with E-state index in [4.69, 9.17) is 9.84 Å². The molecule has 6 heteroatoms. The van der Waals surface area contributed by atoms with E-state index in [1.165, 1.54) is 0 Å². The number of anilines is 1. The number of nitro groups is 1. The zero-order valence-electron chi connectivity index (χ0n) is 11.6. The normalized spacial score (nSPS) is 10.2. The lowest BCUT2D eigenvalue weighted by Gasteiger charge is -2.10. The van der Waals surface area contributed by atoms with Gasteiger partial charge in [-0.15, -0.1) is 0 Å². The SMILES string of the molecule is CCNc1cccc(Oc2ccc(CO)cc2)c1[N+](=O)[O-]. The van der Waals surface area contributed by atoms with E-state index in [1.807, 2.05) is 6.92 Å². The van der Waals surface area contributed by atoms with Crippen molar-refractivity contribution in [3.05, 3.63) is 58.1 Å². The number of para-hydroxylation sites is 1. The molecule has 0 aliphatic carbocycles. The van der Waals surface area contributed by atoms with Crippen molar-refractivity contribution in [2.45, 2.75) is 13.5 Å². The van der Waals surface area contributed by atoms with E-state index in [1.54, 1.807) is 42.5 Å². The second-order valence-electron chi connectivity index (χ2n) is 4.34. The summed E-state index contributed by atoms with van der Waals surface area (Å²) in [5.74, 6) is 0.652. The molecule has 21 heavy (non-hydrogen) atoms. The number of nitro benzene ring substituents is 1. The number of ether oxygens (including phenoxy) is 1. The fraction of sp³-hybridized carbons (Fsp3) is 0.200. The van der Waals surface area contributed by atoms with Crippen LogP contribution in [-0.4, -0.2) is 16.6 Å². The summed E-state index contributed by atoms with van der Waals surface area (Å²) in [6, 6.07) is 11.6. The maximum absolute atomic E-state index is 11.3. The molecule has 0 spiro atoms. The van der Waals surface area contributed by atoms with Crippen molar-refractivity contribution in [2.24, 2.45) is 0 Å². The maximum Gasteiger partial charge on any atom is 0.334 e. The van der Waals surface area contributed by atoms with Gasteiger partial charge in [0.1, 0.15) is 11.4 Å². The Morgan fingerprint density at radius 3 is 2.52 bits per heavy atom. The number of rotatable bonds is 6. The van der Waals surface area contributed by atoms with E-state index in [-0.39, 0.29) is 18.0 Å². The van der Waals surface area contributed by atoms with Crippen LogP contribution in [0.25, 0.3) is 0 Å². The van der Waals surface area contributed by atoms with Crippen molar-refractivity contribution >= 4 is 11.4 Å². The average Bonchev–Trinajstić information content (AvgIpc) is 2.48. The molecule has 6 nitrogen and oxygen atoms in total. The molecule has 110 valence electrons. The molecule has 2 N–H and O–H groups in total. The van der Waals surface area contributed by atoms with Crippen LogP contribution in [0.1, 0.15) is 12.5 Å². The van der Waals surface area contributed by atoms with Crippen molar-refractivity contribution in [1.29, 1.82) is 0 Å². The zero-order valence-corrected chi connectivity index (χ0v) is 11.6. The summed E-state index contributed by atoms with van der Waals surface area (Å²) in [5, 5.41) is 23.2. The van der Waals surface area contributed by atoms with Crippen LogP contribution in [0.15, 0.2) is 42.5 Å². The molecule has 0 heterocycles. The first-order valence-corrected chi connectivity index (χ1v) is 6.54. The molecule has 0 aromatic heterocycles. The van der Waals surface area contributed by atoms with Crippen molar-refractivity contribution in [1.82, 2.24) is 0 Å². The first-order valence-electron chi connectivity index (χ1n) is 6.54. The zero-order chi connectivity index (χ0) is 15.2. The second kappa shape index (κ2) is 6.71. The molecule has 2 aromatic carbocycles.